The monoisotopic (exact) mass is 619 g/mol. The Bertz CT molecular complexity index is 2720. The van der Waals surface area contributed by atoms with Crippen LogP contribution in [-0.4, -0.2) is 9.97 Å². The molecule has 0 radical (unpaired) electrons. The molecule has 0 saturated heterocycles. The van der Waals surface area contributed by atoms with Gasteiger partial charge in [-0.2, -0.15) is 0 Å². The van der Waals surface area contributed by atoms with Crippen LogP contribution in [0.1, 0.15) is 25.0 Å². The fourth-order valence-corrected chi connectivity index (χ4v) is 9.17. The van der Waals surface area contributed by atoms with Gasteiger partial charge in [0.2, 0.25) is 5.95 Å². The van der Waals surface area contributed by atoms with Crippen LogP contribution in [0.2, 0.25) is 0 Å². The van der Waals surface area contributed by atoms with Crippen LogP contribution < -0.4 is 4.90 Å². The molecule has 222 valence electrons. The van der Waals surface area contributed by atoms with Gasteiger partial charge in [0.25, 0.3) is 0 Å². The van der Waals surface area contributed by atoms with Crippen LogP contribution in [0.25, 0.3) is 63.9 Å². The molecule has 0 saturated carbocycles. The summed E-state index contributed by atoms with van der Waals surface area (Å²) in [5.74, 6) is 0.686. The summed E-state index contributed by atoms with van der Waals surface area (Å²) >= 11 is 1.87. The number of rotatable bonds is 2. The van der Waals surface area contributed by atoms with Crippen molar-refractivity contribution in [3.8, 4) is 11.3 Å². The maximum Gasteiger partial charge on any atom is 0.235 e. The van der Waals surface area contributed by atoms with Crippen molar-refractivity contribution in [2.24, 2.45) is 0 Å². The number of anilines is 3. The Hall–Kier alpha value is -5.58. The standard InChI is InChI=1S/C43H29N3S/c1-43(2)33-21-11-12-22-34(33)46(40-37(43)30-19-9-8-18-29(30)36-31-20-10-13-23-35(31)47-41(36)40)42-44-38(27-15-4-3-5-16-27)32-25-24-26-14-6-7-17-28(26)39(32)45-42/h3-25H,1-2H3. The van der Waals surface area contributed by atoms with E-state index in [-0.39, 0.29) is 5.41 Å². The van der Waals surface area contributed by atoms with Crippen molar-refractivity contribution in [1.82, 2.24) is 9.97 Å². The fourth-order valence-electron chi connectivity index (χ4n) is 7.91. The summed E-state index contributed by atoms with van der Waals surface area (Å²) in [7, 11) is 0. The summed E-state index contributed by atoms with van der Waals surface area (Å²) < 4.78 is 2.55. The normalized spacial score (nSPS) is 13.9. The van der Waals surface area contributed by atoms with Crippen LogP contribution in [0.3, 0.4) is 0 Å². The van der Waals surface area contributed by atoms with E-state index in [2.05, 4.69) is 158 Å². The molecule has 9 aromatic rings. The Kier molecular flexibility index (Phi) is 5.50. The third kappa shape index (κ3) is 3.67. The van der Waals surface area contributed by atoms with E-state index in [9.17, 15) is 0 Å². The average Bonchev–Trinajstić information content (AvgIpc) is 3.52. The molecule has 4 heteroatoms. The lowest BCUT2D eigenvalue weighted by Gasteiger charge is -2.42. The Morgan fingerprint density at radius 2 is 1.26 bits per heavy atom. The largest absolute Gasteiger partial charge is 0.277 e. The Morgan fingerprint density at radius 1 is 0.574 bits per heavy atom. The van der Waals surface area contributed by atoms with E-state index >= 15 is 0 Å². The molecule has 0 N–H and O–H groups in total. The van der Waals surface area contributed by atoms with Crippen molar-refractivity contribution < 1.29 is 0 Å². The third-order valence-electron chi connectivity index (χ3n) is 10.0. The summed E-state index contributed by atoms with van der Waals surface area (Å²) in [4.78, 5) is 13.4. The lowest BCUT2D eigenvalue weighted by Crippen LogP contribution is -2.31. The predicted molar refractivity (Wildman–Crippen MR) is 200 cm³/mol. The summed E-state index contributed by atoms with van der Waals surface area (Å²) in [5, 5.41) is 8.51. The maximum atomic E-state index is 5.52. The van der Waals surface area contributed by atoms with Gasteiger partial charge in [-0.15, -0.1) is 11.3 Å². The van der Waals surface area contributed by atoms with Gasteiger partial charge < -0.3 is 0 Å². The van der Waals surface area contributed by atoms with Crippen molar-refractivity contribution >= 4 is 81.3 Å². The molecule has 0 amide bonds. The highest BCUT2D eigenvalue weighted by Crippen LogP contribution is 2.58. The van der Waals surface area contributed by atoms with E-state index in [0.717, 1.165) is 33.2 Å². The lowest BCUT2D eigenvalue weighted by atomic mass is 9.71. The molecule has 3 heterocycles. The molecule has 47 heavy (non-hydrogen) atoms. The van der Waals surface area contributed by atoms with Crippen LogP contribution in [0.4, 0.5) is 17.3 Å². The highest BCUT2D eigenvalue weighted by molar-refractivity contribution is 7.26. The van der Waals surface area contributed by atoms with Gasteiger partial charge >= 0.3 is 0 Å². The molecule has 0 unspecified atom stereocenters. The number of thiophene rings is 1. The first-order valence-electron chi connectivity index (χ1n) is 16.1. The van der Waals surface area contributed by atoms with E-state index in [1.165, 1.54) is 53.1 Å². The molecule has 3 nitrogen and oxygen atoms in total. The van der Waals surface area contributed by atoms with E-state index < -0.39 is 0 Å². The van der Waals surface area contributed by atoms with Crippen molar-refractivity contribution in [1.29, 1.82) is 0 Å². The number of aromatic nitrogens is 2. The van der Waals surface area contributed by atoms with E-state index in [1.807, 2.05) is 11.3 Å². The number of para-hydroxylation sites is 1. The Labute approximate surface area is 276 Å². The molecule has 7 aromatic carbocycles. The van der Waals surface area contributed by atoms with Gasteiger partial charge in [-0.3, -0.25) is 4.90 Å². The fraction of sp³-hybridized carbons (Fsp3) is 0.0698. The number of hydrogen-bond donors (Lipinski definition) is 0. The highest BCUT2D eigenvalue weighted by Gasteiger charge is 2.41. The van der Waals surface area contributed by atoms with Crippen molar-refractivity contribution in [3.63, 3.8) is 0 Å². The molecule has 0 atom stereocenters. The summed E-state index contributed by atoms with van der Waals surface area (Å²) in [6, 6.07) is 50.1. The highest BCUT2D eigenvalue weighted by atomic mass is 32.1. The van der Waals surface area contributed by atoms with Crippen LogP contribution in [0.15, 0.2) is 140 Å². The van der Waals surface area contributed by atoms with E-state index in [4.69, 9.17) is 9.97 Å². The molecule has 1 aliphatic heterocycles. The van der Waals surface area contributed by atoms with Gasteiger partial charge in [0.1, 0.15) is 0 Å². The summed E-state index contributed by atoms with van der Waals surface area (Å²) in [5.41, 5.74) is 7.60. The van der Waals surface area contributed by atoms with Crippen LogP contribution in [0, 0.1) is 0 Å². The second-order valence-electron chi connectivity index (χ2n) is 13.0. The topological polar surface area (TPSA) is 29.0 Å². The zero-order chi connectivity index (χ0) is 31.3. The summed E-state index contributed by atoms with van der Waals surface area (Å²) in [6.07, 6.45) is 0. The molecular weight excluding hydrogens is 591 g/mol. The molecule has 10 rings (SSSR count). The summed E-state index contributed by atoms with van der Waals surface area (Å²) in [6.45, 7) is 4.75. The first kappa shape index (κ1) is 26.6. The first-order valence-corrected chi connectivity index (χ1v) is 16.9. The molecule has 1 aliphatic rings. The molecular formula is C43H29N3S. The van der Waals surface area contributed by atoms with Crippen LogP contribution in [-0.2, 0) is 5.41 Å². The van der Waals surface area contributed by atoms with Crippen LogP contribution >= 0.6 is 11.3 Å². The molecule has 0 spiro atoms. The van der Waals surface area contributed by atoms with Gasteiger partial charge in [-0.1, -0.05) is 135 Å². The number of hydrogen-bond acceptors (Lipinski definition) is 4. The van der Waals surface area contributed by atoms with Gasteiger partial charge in [0, 0.05) is 37.2 Å². The van der Waals surface area contributed by atoms with Gasteiger partial charge in [-0.25, -0.2) is 9.97 Å². The van der Waals surface area contributed by atoms with Gasteiger partial charge in [0.15, 0.2) is 0 Å². The zero-order valence-electron chi connectivity index (χ0n) is 26.0. The Morgan fingerprint density at radius 3 is 2.11 bits per heavy atom. The zero-order valence-corrected chi connectivity index (χ0v) is 26.8. The maximum absolute atomic E-state index is 5.52. The van der Waals surface area contributed by atoms with Gasteiger partial charge in [0.05, 0.1) is 27.3 Å². The number of benzene rings is 7. The first-order chi connectivity index (χ1) is 23.1. The second-order valence-corrected chi connectivity index (χ2v) is 14.0. The van der Waals surface area contributed by atoms with Crippen molar-refractivity contribution in [2.75, 3.05) is 4.90 Å². The van der Waals surface area contributed by atoms with E-state index in [0.29, 0.717) is 5.95 Å². The third-order valence-corrected chi connectivity index (χ3v) is 11.2. The molecule has 0 aliphatic carbocycles. The minimum atomic E-state index is -0.266. The van der Waals surface area contributed by atoms with E-state index in [1.54, 1.807) is 0 Å². The smallest absolute Gasteiger partial charge is 0.235 e. The molecule has 2 aromatic heterocycles. The Balaban J connectivity index is 1.42. The predicted octanol–water partition coefficient (Wildman–Crippen LogP) is 12.1. The average molecular weight is 620 g/mol. The number of fused-ring (bicyclic) bond motifs is 12. The van der Waals surface area contributed by atoms with Gasteiger partial charge in [-0.05, 0) is 45.5 Å². The number of nitrogens with zero attached hydrogens (tertiary/aromatic N) is 3. The minimum Gasteiger partial charge on any atom is -0.277 e. The SMILES string of the molecule is CC1(C)c2ccccc2N(c2nc(-c3ccccc3)c3ccc4ccccc4c3n2)c2c1c1ccccc1c1c2sc2ccccc21. The second kappa shape index (κ2) is 9.71. The lowest BCUT2D eigenvalue weighted by molar-refractivity contribution is 0.638. The quantitative estimate of drug-likeness (QED) is 0.180. The molecule has 0 bridgehead atoms. The van der Waals surface area contributed by atoms with Crippen molar-refractivity contribution in [3.05, 3.63) is 151 Å². The van der Waals surface area contributed by atoms with Crippen molar-refractivity contribution in [2.45, 2.75) is 19.3 Å². The van der Waals surface area contributed by atoms with Crippen LogP contribution in [0.5, 0.6) is 0 Å². The molecule has 0 fully saturated rings. The minimum absolute atomic E-state index is 0.266.